The zero-order chi connectivity index (χ0) is 16.7. The molecular formula is C17H27N5O. The summed E-state index contributed by atoms with van der Waals surface area (Å²) in [7, 11) is 1.61. The zero-order valence-corrected chi connectivity index (χ0v) is 14.4. The van der Waals surface area contributed by atoms with Crippen molar-refractivity contribution in [1.82, 2.24) is 15.6 Å². The second-order valence-electron chi connectivity index (χ2n) is 5.53. The first-order valence-electron chi connectivity index (χ1n) is 8.25. The van der Waals surface area contributed by atoms with Gasteiger partial charge in [0, 0.05) is 11.8 Å². The Morgan fingerprint density at radius 2 is 2.09 bits per heavy atom. The van der Waals surface area contributed by atoms with Crippen LogP contribution in [0.25, 0.3) is 0 Å². The van der Waals surface area contributed by atoms with Gasteiger partial charge in [0.1, 0.15) is 5.66 Å². The summed E-state index contributed by atoms with van der Waals surface area (Å²) in [5.41, 5.74) is 1.71. The molecule has 23 heavy (non-hydrogen) atoms. The lowest BCUT2D eigenvalue weighted by molar-refractivity contribution is 0.398. The van der Waals surface area contributed by atoms with Gasteiger partial charge in [-0.25, -0.2) is 9.98 Å². The Hall–Kier alpha value is -2.08. The summed E-state index contributed by atoms with van der Waals surface area (Å²) in [4.78, 5) is 9.05. The summed E-state index contributed by atoms with van der Waals surface area (Å²) in [6.07, 6.45) is 6.91. The average molecular weight is 317 g/mol. The Labute approximate surface area is 138 Å². The van der Waals surface area contributed by atoms with E-state index in [1.54, 1.807) is 13.3 Å². The highest BCUT2D eigenvalue weighted by Gasteiger charge is 2.28. The first kappa shape index (κ1) is 17.3. The molecule has 1 aliphatic heterocycles. The number of aromatic nitrogens is 1. The first-order chi connectivity index (χ1) is 11.1. The van der Waals surface area contributed by atoms with Crippen LogP contribution in [0.1, 0.15) is 40.0 Å². The van der Waals surface area contributed by atoms with E-state index in [0.29, 0.717) is 5.88 Å². The minimum Gasteiger partial charge on any atom is -0.481 e. The summed E-state index contributed by atoms with van der Waals surface area (Å²) in [5.74, 6) is 1.34. The van der Waals surface area contributed by atoms with Gasteiger partial charge in [-0.15, -0.1) is 0 Å². The Kier molecular flexibility index (Phi) is 5.98. The summed E-state index contributed by atoms with van der Waals surface area (Å²) in [5, 5.41) is 10.2. The molecule has 1 aromatic rings. The highest BCUT2D eigenvalue weighted by Crippen LogP contribution is 2.22. The van der Waals surface area contributed by atoms with Gasteiger partial charge < -0.3 is 15.4 Å². The van der Waals surface area contributed by atoms with Gasteiger partial charge in [-0.05, 0) is 31.5 Å². The maximum Gasteiger partial charge on any atom is 0.213 e. The smallest absolute Gasteiger partial charge is 0.213 e. The number of aliphatic imine (C=N–C) groups is 1. The van der Waals surface area contributed by atoms with Gasteiger partial charge >= 0.3 is 0 Å². The summed E-state index contributed by atoms with van der Waals surface area (Å²) in [6, 6.07) is 3.75. The monoisotopic (exact) mass is 317 g/mol. The molecule has 0 amide bonds. The predicted octanol–water partition coefficient (Wildman–Crippen LogP) is 2.86. The number of anilines is 1. The molecule has 0 fully saturated rings. The van der Waals surface area contributed by atoms with Crippen molar-refractivity contribution in [1.29, 1.82) is 0 Å². The third-order valence-electron chi connectivity index (χ3n) is 3.75. The maximum atomic E-state index is 5.09. The molecule has 1 unspecified atom stereocenters. The molecular weight excluding hydrogens is 290 g/mol. The largest absolute Gasteiger partial charge is 0.481 e. The van der Waals surface area contributed by atoms with Gasteiger partial charge in [0.15, 0.2) is 0 Å². The molecule has 6 nitrogen and oxygen atoms in total. The molecule has 0 spiro atoms. The number of pyridine rings is 1. The van der Waals surface area contributed by atoms with Crippen LogP contribution in [-0.2, 0) is 0 Å². The topological polar surface area (TPSA) is 70.6 Å². The lowest BCUT2D eigenvalue weighted by atomic mass is 10.0. The fraction of sp³-hybridized carbons (Fsp3) is 0.529. The predicted molar refractivity (Wildman–Crippen MR) is 94.7 cm³/mol. The molecule has 0 aliphatic carbocycles. The van der Waals surface area contributed by atoms with E-state index in [1.807, 2.05) is 12.1 Å². The number of allylic oxidation sites excluding steroid dienone is 1. The van der Waals surface area contributed by atoms with Crippen LogP contribution in [-0.4, -0.2) is 30.3 Å². The molecule has 6 heteroatoms. The highest BCUT2D eigenvalue weighted by molar-refractivity contribution is 5.95. The normalized spacial score (nSPS) is 20.3. The molecule has 2 heterocycles. The van der Waals surface area contributed by atoms with E-state index in [1.165, 1.54) is 5.70 Å². The molecule has 0 bridgehead atoms. The molecule has 0 saturated carbocycles. The van der Waals surface area contributed by atoms with Gasteiger partial charge in [0.2, 0.25) is 11.8 Å². The molecule has 1 aliphatic rings. The maximum absolute atomic E-state index is 5.09. The quantitative estimate of drug-likeness (QED) is 0.721. The number of guanidine groups is 1. The van der Waals surface area contributed by atoms with Crippen LogP contribution in [0.3, 0.4) is 0 Å². The Morgan fingerprint density at radius 3 is 2.65 bits per heavy atom. The SMILES string of the molecule is CCCC1=CC(CC)(NCC)N=C(Nc2ccc(OC)nc2)N1. The Bertz CT molecular complexity index is 567. The Morgan fingerprint density at radius 1 is 1.26 bits per heavy atom. The van der Waals surface area contributed by atoms with Crippen molar-refractivity contribution >= 4 is 11.6 Å². The van der Waals surface area contributed by atoms with E-state index in [2.05, 4.69) is 47.8 Å². The third-order valence-corrected chi connectivity index (χ3v) is 3.75. The lowest BCUT2D eigenvalue weighted by Gasteiger charge is -2.33. The number of likely N-dealkylation sites (N-methyl/N-ethyl adjacent to an activating group) is 1. The number of hydrogen-bond acceptors (Lipinski definition) is 6. The van der Waals surface area contributed by atoms with Gasteiger partial charge in [-0.3, -0.25) is 5.32 Å². The van der Waals surface area contributed by atoms with Crippen LogP contribution in [0.5, 0.6) is 5.88 Å². The van der Waals surface area contributed by atoms with Crippen molar-refractivity contribution < 1.29 is 4.74 Å². The van der Waals surface area contributed by atoms with Crippen LogP contribution in [0, 0.1) is 0 Å². The molecule has 1 aromatic heterocycles. The van der Waals surface area contributed by atoms with Crippen molar-refractivity contribution in [2.75, 3.05) is 19.0 Å². The standard InChI is InChI=1S/C17H27N5O/c1-5-8-13-11-17(6-2,19-7-3)22-16(20-13)21-14-9-10-15(23-4)18-12-14/h9-12,19H,5-8H2,1-4H3,(H2,20,21,22). The van der Waals surface area contributed by atoms with Crippen LogP contribution >= 0.6 is 0 Å². The number of hydrogen-bond donors (Lipinski definition) is 3. The molecule has 0 saturated heterocycles. The highest BCUT2D eigenvalue weighted by atomic mass is 16.5. The van der Waals surface area contributed by atoms with Crippen molar-refractivity contribution in [3.05, 3.63) is 30.1 Å². The molecule has 1 atom stereocenters. The molecule has 0 radical (unpaired) electrons. The van der Waals surface area contributed by atoms with E-state index < -0.39 is 0 Å². The third kappa shape index (κ3) is 4.45. The number of nitrogens with zero attached hydrogens (tertiary/aromatic N) is 2. The van der Waals surface area contributed by atoms with Crippen LogP contribution in [0.4, 0.5) is 5.69 Å². The summed E-state index contributed by atoms with van der Waals surface area (Å²) >= 11 is 0. The molecule has 3 N–H and O–H groups in total. The molecule has 2 rings (SSSR count). The van der Waals surface area contributed by atoms with Gasteiger partial charge in [-0.2, -0.15) is 0 Å². The van der Waals surface area contributed by atoms with Crippen LogP contribution < -0.4 is 20.7 Å². The minimum absolute atomic E-state index is 0.354. The van der Waals surface area contributed by atoms with Crippen molar-refractivity contribution in [2.45, 2.75) is 45.7 Å². The van der Waals surface area contributed by atoms with E-state index in [0.717, 1.165) is 37.5 Å². The number of methoxy groups -OCH3 is 1. The fourth-order valence-corrected chi connectivity index (χ4v) is 2.61. The Balaban J connectivity index is 2.21. The van der Waals surface area contributed by atoms with E-state index in [4.69, 9.17) is 9.73 Å². The minimum atomic E-state index is -0.354. The number of ether oxygens (including phenoxy) is 1. The molecule has 126 valence electrons. The van der Waals surface area contributed by atoms with E-state index >= 15 is 0 Å². The van der Waals surface area contributed by atoms with Crippen LogP contribution in [0.15, 0.2) is 35.1 Å². The lowest BCUT2D eigenvalue weighted by Crippen LogP contribution is -2.48. The van der Waals surface area contributed by atoms with Crippen molar-refractivity contribution in [2.24, 2.45) is 4.99 Å². The summed E-state index contributed by atoms with van der Waals surface area (Å²) < 4.78 is 5.09. The van der Waals surface area contributed by atoms with Gasteiger partial charge in [-0.1, -0.05) is 27.2 Å². The fourth-order valence-electron chi connectivity index (χ4n) is 2.61. The second kappa shape index (κ2) is 7.97. The van der Waals surface area contributed by atoms with Crippen molar-refractivity contribution in [3.8, 4) is 5.88 Å². The zero-order valence-electron chi connectivity index (χ0n) is 14.4. The van der Waals surface area contributed by atoms with Gasteiger partial charge in [0.25, 0.3) is 0 Å². The average Bonchev–Trinajstić information content (AvgIpc) is 2.56. The molecule has 0 aromatic carbocycles. The second-order valence-corrected chi connectivity index (χ2v) is 5.53. The first-order valence-corrected chi connectivity index (χ1v) is 8.25. The van der Waals surface area contributed by atoms with Crippen LogP contribution in [0.2, 0.25) is 0 Å². The van der Waals surface area contributed by atoms with E-state index in [-0.39, 0.29) is 5.66 Å². The number of nitrogens with one attached hydrogen (secondary N) is 3. The number of rotatable bonds is 7. The van der Waals surface area contributed by atoms with Gasteiger partial charge in [0.05, 0.1) is 19.0 Å². The summed E-state index contributed by atoms with van der Waals surface area (Å²) in [6.45, 7) is 7.28. The van der Waals surface area contributed by atoms with Crippen molar-refractivity contribution in [3.63, 3.8) is 0 Å². The van der Waals surface area contributed by atoms with E-state index in [9.17, 15) is 0 Å².